The predicted octanol–water partition coefficient (Wildman–Crippen LogP) is 2.78. The van der Waals surface area contributed by atoms with Crippen LogP contribution in [0.15, 0.2) is 36.7 Å². The summed E-state index contributed by atoms with van der Waals surface area (Å²) < 4.78 is 7.19. The number of aromatic nitrogens is 4. The third-order valence-corrected chi connectivity index (χ3v) is 3.50. The smallest absolute Gasteiger partial charge is 0.224 e. The normalized spacial score (nSPS) is 10.4. The van der Waals surface area contributed by atoms with E-state index in [0.29, 0.717) is 35.1 Å². The van der Waals surface area contributed by atoms with E-state index in [1.54, 1.807) is 6.07 Å². The Hall–Kier alpha value is -3.40. The van der Waals surface area contributed by atoms with E-state index in [1.165, 1.54) is 11.0 Å². The molecule has 0 saturated heterocycles. The van der Waals surface area contributed by atoms with Crippen molar-refractivity contribution in [3.8, 4) is 23.5 Å². The zero-order valence-corrected chi connectivity index (χ0v) is 13.4. The third kappa shape index (κ3) is 2.90. The molecule has 1 aromatic carbocycles. The van der Waals surface area contributed by atoms with E-state index in [2.05, 4.69) is 21.1 Å². The quantitative estimate of drug-likeness (QED) is 0.793. The molecule has 0 spiro atoms. The van der Waals surface area contributed by atoms with Gasteiger partial charge in [-0.15, -0.1) is 0 Å². The average molecular weight is 320 g/mol. The second kappa shape index (κ2) is 6.38. The fourth-order valence-corrected chi connectivity index (χ4v) is 2.32. The van der Waals surface area contributed by atoms with Gasteiger partial charge in [0.25, 0.3) is 0 Å². The Morgan fingerprint density at radius 3 is 2.79 bits per heavy atom. The largest absolute Gasteiger partial charge is 0.439 e. The Kier molecular flexibility index (Phi) is 4.12. The highest BCUT2D eigenvalue weighted by Gasteiger charge is 2.16. The lowest BCUT2D eigenvalue weighted by atomic mass is 10.2. The van der Waals surface area contributed by atoms with Crippen molar-refractivity contribution >= 4 is 5.82 Å². The fraction of sp³-hybridized carbons (Fsp3) is 0.176. The van der Waals surface area contributed by atoms with Gasteiger partial charge in [0.05, 0.1) is 5.69 Å². The van der Waals surface area contributed by atoms with Crippen molar-refractivity contribution in [2.24, 2.45) is 0 Å². The van der Waals surface area contributed by atoms with Crippen LogP contribution in [0.3, 0.4) is 0 Å². The van der Waals surface area contributed by atoms with E-state index in [9.17, 15) is 5.26 Å². The van der Waals surface area contributed by atoms with Gasteiger partial charge >= 0.3 is 0 Å². The van der Waals surface area contributed by atoms with Gasteiger partial charge in [-0.3, -0.25) is 0 Å². The number of nitrogen functional groups attached to an aromatic ring is 1. The summed E-state index contributed by atoms with van der Waals surface area (Å²) in [5, 5.41) is 13.6. The first-order chi connectivity index (χ1) is 11.6. The van der Waals surface area contributed by atoms with Crippen molar-refractivity contribution in [2.75, 3.05) is 5.73 Å². The number of rotatable bonds is 4. The minimum atomic E-state index is 0.259. The molecule has 0 atom stereocenters. The van der Waals surface area contributed by atoms with E-state index in [4.69, 9.17) is 10.5 Å². The lowest BCUT2D eigenvalue weighted by Gasteiger charge is -2.07. The number of nitrogens with zero attached hydrogens (tertiary/aromatic N) is 5. The molecular weight excluding hydrogens is 304 g/mol. The molecule has 3 rings (SSSR count). The maximum Gasteiger partial charge on any atom is 0.224 e. The van der Waals surface area contributed by atoms with Gasteiger partial charge in [-0.1, -0.05) is 19.1 Å². The molecule has 2 N–H and O–H groups in total. The van der Waals surface area contributed by atoms with Gasteiger partial charge in [-0.2, -0.15) is 15.0 Å². The lowest BCUT2D eigenvalue weighted by Crippen LogP contribution is -2.05. The van der Waals surface area contributed by atoms with Gasteiger partial charge in [0.15, 0.2) is 5.82 Å². The van der Waals surface area contributed by atoms with Gasteiger partial charge in [0.2, 0.25) is 5.88 Å². The molecule has 120 valence electrons. The average Bonchev–Trinajstić information content (AvgIpc) is 2.91. The second-order valence-corrected chi connectivity index (χ2v) is 5.22. The molecule has 0 aliphatic rings. The van der Waals surface area contributed by atoms with Crippen LogP contribution in [0.1, 0.15) is 23.7 Å². The molecule has 0 amide bonds. The molecule has 0 aliphatic carbocycles. The number of nitrogens with two attached hydrogens (primary N) is 1. The van der Waals surface area contributed by atoms with Crippen LogP contribution in [0.25, 0.3) is 5.82 Å². The summed E-state index contributed by atoms with van der Waals surface area (Å²) in [5.41, 5.74) is 8.12. The molecule has 0 saturated carbocycles. The molecule has 24 heavy (non-hydrogen) atoms. The number of ether oxygens (including phenoxy) is 1. The Labute approximate surface area is 139 Å². The lowest BCUT2D eigenvalue weighted by molar-refractivity contribution is 0.460. The third-order valence-electron chi connectivity index (χ3n) is 3.50. The van der Waals surface area contributed by atoms with Crippen molar-refractivity contribution in [1.29, 1.82) is 5.26 Å². The molecular formula is C17H16N6O. The van der Waals surface area contributed by atoms with Gasteiger partial charge in [-0.25, -0.2) is 9.97 Å². The first-order valence-corrected chi connectivity index (χ1v) is 7.46. The van der Waals surface area contributed by atoms with Crippen LogP contribution in [0.2, 0.25) is 0 Å². The number of hydrogen-bond donors (Lipinski definition) is 1. The Balaban J connectivity index is 1.97. The maximum atomic E-state index is 9.23. The number of hydrogen-bond acceptors (Lipinski definition) is 6. The van der Waals surface area contributed by atoms with Crippen molar-refractivity contribution < 1.29 is 4.74 Å². The van der Waals surface area contributed by atoms with Crippen LogP contribution in [0, 0.1) is 18.3 Å². The monoisotopic (exact) mass is 320 g/mol. The van der Waals surface area contributed by atoms with E-state index < -0.39 is 0 Å². The summed E-state index contributed by atoms with van der Waals surface area (Å²) in [4.78, 5) is 8.28. The SMILES string of the molecule is CCc1nn(-c2cc(Oc3cccc(C)c3)ncn2)c(N)c1C#N. The zero-order valence-electron chi connectivity index (χ0n) is 13.4. The Morgan fingerprint density at radius 2 is 2.12 bits per heavy atom. The summed E-state index contributed by atoms with van der Waals surface area (Å²) in [5.74, 6) is 1.76. The minimum Gasteiger partial charge on any atom is -0.439 e. The summed E-state index contributed by atoms with van der Waals surface area (Å²) in [6.07, 6.45) is 1.98. The van der Waals surface area contributed by atoms with E-state index >= 15 is 0 Å². The van der Waals surface area contributed by atoms with Crippen LogP contribution in [-0.2, 0) is 6.42 Å². The molecule has 7 heteroatoms. The van der Waals surface area contributed by atoms with E-state index in [1.807, 2.05) is 38.1 Å². The summed E-state index contributed by atoms with van der Waals surface area (Å²) >= 11 is 0. The standard InChI is InChI=1S/C17H16N6O/c1-3-14-13(9-18)17(19)23(22-14)15-8-16(21-10-20-15)24-12-6-4-5-11(2)7-12/h4-8,10H,3,19H2,1-2H3. The van der Waals surface area contributed by atoms with Gasteiger partial charge in [0, 0.05) is 6.07 Å². The van der Waals surface area contributed by atoms with Crippen molar-refractivity contribution in [2.45, 2.75) is 20.3 Å². The molecule has 0 fully saturated rings. The summed E-state index contributed by atoms with van der Waals surface area (Å²) in [7, 11) is 0. The number of benzene rings is 1. The summed E-state index contributed by atoms with van der Waals surface area (Å²) in [6, 6.07) is 11.4. The van der Waals surface area contributed by atoms with Crippen LogP contribution < -0.4 is 10.5 Å². The van der Waals surface area contributed by atoms with E-state index in [0.717, 1.165) is 5.56 Å². The van der Waals surface area contributed by atoms with E-state index in [-0.39, 0.29) is 5.82 Å². The summed E-state index contributed by atoms with van der Waals surface area (Å²) in [6.45, 7) is 3.90. The highest BCUT2D eigenvalue weighted by atomic mass is 16.5. The number of nitriles is 1. The number of aryl methyl sites for hydroxylation is 2. The van der Waals surface area contributed by atoms with Crippen LogP contribution in [0.5, 0.6) is 11.6 Å². The fourth-order valence-electron chi connectivity index (χ4n) is 2.32. The molecule has 0 bridgehead atoms. The first kappa shape index (κ1) is 15.5. The Bertz CT molecular complexity index is 925. The van der Waals surface area contributed by atoms with Crippen molar-refractivity contribution in [3.63, 3.8) is 0 Å². The molecule has 7 nitrogen and oxygen atoms in total. The second-order valence-electron chi connectivity index (χ2n) is 5.22. The van der Waals surface area contributed by atoms with Crippen LogP contribution in [-0.4, -0.2) is 19.7 Å². The molecule has 0 aliphatic heterocycles. The molecule has 3 aromatic rings. The molecule has 0 radical (unpaired) electrons. The zero-order chi connectivity index (χ0) is 17.1. The topological polar surface area (TPSA) is 103 Å². The molecule has 2 aromatic heterocycles. The van der Waals surface area contributed by atoms with Crippen LogP contribution >= 0.6 is 0 Å². The van der Waals surface area contributed by atoms with Crippen LogP contribution in [0.4, 0.5) is 5.82 Å². The van der Waals surface area contributed by atoms with Crippen molar-refractivity contribution in [1.82, 2.24) is 19.7 Å². The molecule has 2 heterocycles. The predicted molar refractivity (Wildman–Crippen MR) is 88.9 cm³/mol. The van der Waals surface area contributed by atoms with Gasteiger partial charge in [-0.05, 0) is 31.0 Å². The highest BCUT2D eigenvalue weighted by molar-refractivity contribution is 5.55. The maximum absolute atomic E-state index is 9.23. The highest BCUT2D eigenvalue weighted by Crippen LogP contribution is 2.24. The van der Waals surface area contributed by atoms with Crippen molar-refractivity contribution in [3.05, 3.63) is 53.5 Å². The number of anilines is 1. The first-order valence-electron chi connectivity index (χ1n) is 7.46. The molecule has 0 unspecified atom stereocenters. The van der Waals surface area contributed by atoms with Gasteiger partial charge < -0.3 is 10.5 Å². The minimum absolute atomic E-state index is 0.259. The van der Waals surface area contributed by atoms with Gasteiger partial charge in [0.1, 0.15) is 29.5 Å². The Morgan fingerprint density at radius 1 is 1.29 bits per heavy atom.